The van der Waals surface area contributed by atoms with Gasteiger partial charge in [0.25, 0.3) is 0 Å². The summed E-state index contributed by atoms with van der Waals surface area (Å²) in [5.41, 5.74) is 0.541. The molecule has 1 aromatic carbocycles. The van der Waals surface area contributed by atoms with Crippen molar-refractivity contribution in [2.45, 2.75) is 6.92 Å². The molecule has 0 aliphatic heterocycles. The van der Waals surface area contributed by atoms with E-state index in [1.54, 1.807) is 38.3 Å². The zero-order valence-electron chi connectivity index (χ0n) is 8.58. The van der Waals surface area contributed by atoms with Crippen molar-refractivity contribution in [1.82, 2.24) is 0 Å². The predicted molar refractivity (Wildman–Crippen MR) is 61.4 cm³/mol. The summed E-state index contributed by atoms with van der Waals surface area (Å²) in [5, 5.41) is 3.13. The lowest BCUT2D eigenvalue weighted by molar-refractivity contribution is -0.111. The third-order valence-corrected chi connectivity index (χ3v) is 2.08. The molecule has 1 amide bonds. The largest absolute Gasteiger partial charge is 0.497 e. The summed E-state index contributed by atoms with van der Waals surface area (Å²) in [4.78, 5) is 11.3. The molecule has 0 unspecified atom stereocenters. The van der Waals surface area contributed by atoms with E-state index in [1.807, 2.05) is 0 Å². The number of methoxy groups -OCH3 is 1. The van der Waals surface area contributed by atoms with Crippen LogP contribution in [0.15, 0.2) is 30.4 Å². The summed E-state index contributed by atoms with van der Waals surface area (Å²) in [7, 11) is 1.56. The van der Waals surface area contributed by atoms with Gasteiger partial charge < -0.3 is 10.1 Å². The molecule has 0 fully saturated rings. The number of allylic oxidation sites excluding steroid dienone is 1. The molecule has 0 aliphatic carbocycles. The average molecular weight is 226 g/mol. The second kappa shape index (κ2) is 5.41. The van der Waals surface area contributed by atoms with E-state index in [9.17, 15) is 4.79 Å². The Kier molecular flexibility index (Phi) is 4.18. The van der Waals surface area contributed by atoms with Crippen LogP contribution in [0.5, 0.6) is 5.75 Å². The van der Waals surface area contributed by atoms with Gasteiger partial charge in [0.2, 0.25) is 5.91 Å². The van der Waals surface area contributed by atoms with Gasteiger partial charge in [-0.15, -0.1) is 0 Å². The van der Waals surface area contributed by atoms with Gasteiger partial charge in [0, 0.05) is 6.07 Å². The van der Waals surface area contributed by atoms with Gasteiger partial charge >= 0.3 is 0 Å². The van der Waals surface area contributed by atoms with Gasteiger partial charge in [0.05, 0.1) is 17.8 Å². The van der Waals surface area contributed by atoms with Crippen molar-refractivity contribution >= 4 is 23.2 Å². The molecule has 3 nitrogen and oxygen atoms in total. The third kappa shape index (κ3) is 3.29. The maximum atomic E-state index is 11.3. The quantitative estimate of drug-likeness (QED) is 0.804. The molecule has 0 saturated carbocycles. The van der Waals surface area contributed by atoms with Crippen molar-refractivity contribution in [1.29, 1.82) is 0 Å². The standard InChI is InChI=1S/C11H12ClNO2/c1-3-4-11(14)13-10-7-8(15-2)5-6-9(10)12/h3-7H,1-2H3,(H,13,14). The SMILES string of the molecule is CC=CC(=O)Nc1cc(OC)ccc1Cl. The van der Waals surface area contributed by atoms with Crippen molar-refractivity contribution in [3.8, 4) is 5.75 Å². The topological polar surface area (TPSA) is 38.3 Å². The highest BCUT2D eigenvalue weighted by atomic mass is 35.5. The van der Waals surface area contributed by atoms with Crippen molar-refractivity contribution in [2.75, 3.05) is 12.4 Å². The molecule has 80 valence electrons. The maximum Gasteiger partial charge on any atom is 0.248 e. The number of carbonyl (C=O) groups is 1. The average Bonchev–Trinajstić information content (AvgIpc) is 2.21. The fourth-order valence-corrected chi connectivity index (χ4v) is 1.22. The molecular formula is C11H12ClNO2. The van der Waals surface area contributed by atoms with Crippen LogP contribution in [0.1, 0.15) is 6.92 Å². The maximum absolute atomic E-state index is 11.3. The van der Waals surface area contributed by atoms with Crippen LogP contribution in [0.3, 0.4) is 0 Å². The summed E-state index contributed by atoms with van der Waals surface area (Å²) >= 11 is 5.90. The number of hydrogen-bond acceptors (Lipinski definition) is 2. The van der Waals surface area contributed by atoms with E-state index < -0.39 is 0 Å². The molecule has 0 radical (unpaired) electrons. The number of nitrogens with one attached hydrogen (secondary N) is 1. The Morgan fingerprint density at radius 2 is 2.27 bits per heavy atom. The van der Waals surface area contributed by atoms with Crippen molar-refractivity contribution in [3.05, 3.63) is 35.4 Å². The van der Waals surface area contributed by atoms with Crippen LogP contribution >= 0.6 is 11.6 Å². The van der Waals surface area contributed by atoms with Crippen LogP contribution in [0.2, 0.25) is 5.02 Å². The van der Waals surface area contributed by atoms with Crippen LogP contribution in [0.4, 0.5) is 5.69 Å². The minimum atomic E-state index is -0.215. The van der Waals surface area contributed by atoms with Gasteiger partial charge in [-0.25, -0.2) is 0 Å². The summed E-state index contributed by atoms with van der Waals surface area (Å²) in [6, 6.07) is 5.07. The van der Waals surface area contributed by atoms with E-state index in [1.165, 1.54) is 6.08 Å². The summed E-state index contributed by atoms with van der Waals surface area (Å²) in [6.45, 7) is 1.77. The second-order valence-electron chi connectivity index (χ2n) is 2.84. The van der Waals surface area contributed by atoms with Crippen molar-refractivity contribution < 1.29 is 9.53 Å². The van der Waals surface area contributed by atoms with Crippen LogP contribution in [0.25, 0.3) is 0 Å². The molecule has 0 bridgehead atoms. The lowest BCUT2D eigenvalue weighted by Crippen LogP contribution is -2.08. The highest BCUT2D eigenvalue weighted by Gasteiger charge is 2.04. The predicted octanol–water partition coefficient (Wildman–Crippen LogP) is 2.86. The first kappa shape index (κ1) is 11.6. The minimum Gasteiger partial charge on any atom is -0.497 e. The molecule has 0 atom stereocenters. The molecule has 0 aliphatic rings. The highest BCUT2D eigenvalue weighted by Crippen LogP contribution is 2.26. The minimum absolute atomic E-state index is 0.215. The molecule has 1 N–H and O–H groups in total. The second-order valence-corrected chi connectivity index (χ2v) is 3.24. The van der Waals surface area contributed by atoms with Gasteiger partial charge in [-0.05, 0) is 25.1 Å². The van der Waals surface area contributed by atoms with Crippen LogP contribution in [-0.4, -0.2) is 13.0 Å². The molecule has 0 saturated heterocycles. The van der Waals surface area contributed by atoms with Crippen LogP contribution in [0, 0.1) is 0 Å². The Labute approximate surface area is 93.7 Å². The fraction of sp³-hybridized carbons (Fsp3) is 0.182. The van der Waals surface area contributed by atoms with Crippen LogP contribution in [-0.2, 0) is 4.79 Å². The first-order valence-corrected chi connectivity index (χ1v) is 4.82. The number of carbonyl (C=O) groups excluding carboxylic acids is 1. The van der Waals surface area contributed by atoms with Gasteiger partial charge in [-0.3, -0.25) is 4.79 Å². The molecule has 0 spiro atoms. The number of anilines is 1. The normalized spacial score (nSPS) is 10.3. The Morgan fingerprint density at radius 1 is 1.53 bits per heavy atom. The van der Waals surface area contributed by atoms with Gasteiger partial charge in [0.15, 0.2) is 0 Å². The van der Waals surface area contributed by atoms with E-state index >= 15 is 0 Å². The third-order valence-electron chi connectivity index (χ3n) is 1.75. The smallest absolute Gasteiger partial charge is 0.248 e. The summed E-state index contributed by atoms with van der Waals surface area (Å²) in [6.07, 6.45) is 3.08. The number of ether oxygens (including phenoxy) is 1. The molecule has 0 aromatic heterocycles. The molecule has 15 heavy (non-hydrogen) atoms. The Balaban J connectivity index is 2.88. The summed E-state index contributed by atoms with van der Waals surface area (Å²) < 4.78 is 5.02. The number of hydrogen-bond donors (Lipinski definition) is 1. The number of amides is 1. The molecule has 1 rings (SSSR count). The molecule has 1 aromatic rings. The van der Waals surface area contributed by atoms with Gasteiger partial charge in [-0.2, -0.15) is 0 Å². The van der Waals surface area contributed by atoms with Crippen LogP contribution < -0.4 is 10.1 Å². The molecule has 4 heteroatoms. The highest BCUT2D eigenvalue weighted by molar-refractivity contribution is 6.33. The van der Waals surface area contributed by atoms with Crippen molar-refractivity contribution in [2.24, 2.45) is 0 Å². The monoisotopic (exact) mass is 225 g/mol. The summed E-state index contributed by atoms with van der Waals surface area (Å²) in [5.74, 6) is 0.433. The fourth-order valence-electron chi connectivity index (χ4n) is 1.05. The van der Waals surface area contributed by atoms with E-state index in [4.69, 9.17) is 16.3 Å². The number of rotatable bonds is 3. The lowest BCUT2D eigenvalue weighted by Gasteiger charge is -2.07. The zero-order valence-corrected chi connectivity index (χ0v) is 9.34. The lowest BCUT2D eigenvalue weighted by atomic mass is 10.3. The Morgan fingerprint density at radius 3 is 2.87 bits per heavy atom. The van der Waals surface area contributed by atoms with Crippen molar-refractivity contribution in [3.63, 3.8) is 0 Å². The van der Waals surface area contributed by atoms with E-state index in [-0.39, 0.29) is 5.91 Å². The van der Waals surface area contributed by atoms with E-state index in [0.717, 1.165) is 0 Å². The Bertz CT molecular complexity index is 388. The molecule has 0 heterocycles. The first-order valence-electron chi connectivity index (χ1n) is 4.44. The molecular weight excluding hydrogens is 214 g/mol. The number of benzene rings is 1. The van der Waals surface area contributed by atoms with E-state index in [2.05, 4.69) is 5.32 Å². The zero-order chi connectivity index (χ0) is 11.3. The first-order chi connectivity index (χ1) is 7.17. The van der Waals surface area contributed by atoms with Gasteiger partial charge in [-0.1, -0.05) is 17.7 Å². The van der Waals surface area contributed by atoms with Gasteiger partial charge in [0.1, 0.15) is 5.75 Å². The Hall–Kier alpha value is -1.48. The number of halogens is 1. The van der Waals surface area contributed by atoms with E-state index in [0.29, 0.717) is 16.5 Å².